The van der Waals surface area contributed by atoms with Crippen molar-refractivity contribution in [3.05, 3.63) is 0 Å². The third-order valence-corrected chi connectivity index (χ3v) is 3.82. The Balaban J connectivity index is 1.84. The van der Waals surface area contributed by atoms with Crippen LogP contribution < -0.4 is 5.32 Å². The zero-order chi connectivity index (χ0) is 12.3. The van der Waals surface area contributed by atoms with E-state index in [2.05, 4.69) is 5.32 Å². The molecule has 0 spiro atoms. The summed E-state index contributed by atoms with van der Waals surface area (Å²) in [5.41, 5.74) is 0. The van der Waals surface area contributed by atoms with Crippen LogP contribution in [0.25, 0.3) is 0 Å². The van der Waals surface area contributed by atoms with E-state index >= 15 is 0 Å². The van der Waals surface area contributed by atoms with Crippen LogP contribution >= 0.6 is 0 Å². The highest BCUT2D eigenvalue weighted by atomic mass is 16.4. The van der Waals surface area contributed by atoms with Crippen molar-refractivity contribution in [2.75, 3.05) is 13.1 Å². The predicted molar refractivity (Wildman–Crippen MR) is 62.7 cm³/mol. The molecule has 5 nitrogen and oxygen atoms in total. The molecule has 1 unspecified atom stereocenters. The molecule has 1 heterocycles. The van der Waals surface area contributed by atoms with Gasteiger partial charge in [0.15, 0.2) is 0 Å². The van der Waals surface area contributed by atoms with Crippen molar-refractivity contribution in [3.8, 4) is 0 Å². The molecule has 0 aromatic carbocycles. The van der Waals surface area contributed by atoms with Gasteiger partial charge in [0.2, 0.25) is 0 Å². The van der Waals surface area contributed by atoms with Gasteiger partial charge < -0.3 is 15.3 Å². The zero-order valence-corrected chi connectivity index (χ0v) is 10.0. The summed E-state index contributed by atoms with van der Waals surface area (Å²) in [5, 5.41) is 11.9. The van der Waals surface area contributed by atoms with Crippen LogP contribution in [0.3, 0.4) is 0 Å². The van der Waals surface area contributed by atoms with Gasteiger partial charge in [-0.15, -0.1) is 0 Å². The van der Waals surface area contributed by atoms with Crippen LogP contribution in [0.4, 0.5) is 4.79 Å². The fourth-order valence-corrected chi connectivity index (χ4v) is 2.46. The molecule has 1 aliphatic carbocycles. The lowest BCUT2D eigenvalue weighted by molar-refractivity contribution is -0.143. The fourth-order valence-electron chi connectivity index (χ4n) is 2.46. The van der Waals surface area contributed by atoms with Crippen molar-refractivity contribution in [2.45, 2.75) is 44.6 Å². The molecule has 1 saturated heterocycles. The lowest BCUT2D eigenvalue weighted by Gasteiger charge is -2.34. The lowest BCUT2D eigenvalue weighted by atomic mass is 9.85. The Morgan fingerprint density at radius 2 is 1.94 bits per heavy atom. The first-order valence-electron chi connectivity index (χ1n) is 6.46. The minimum Gasteiger partial charge on any atom is -0.480 e. The average Bonchev–Trinajstić information content (AvgIpc) is 2.26. The number of hydrogen-bond acceptors (Lipinski definition) is 2. The standard InChI is InChI=1S/C12H20N2O3/c15-11(16)10-6-1-2-7-14(10)12(17)13-8-9-4-3-5-9/h9-10H,1-8H2,(H,13,17)(H,15,16). The molecule has 96 valence electrons. The van der Waals surface area contributed by atoms with E-state index < -0.39 is 12.0 Å². The Hall–Kier alpha value is -1.26. The molecule has 0 bridgehead atoms. The molecule has 2 aliphatic rings. The van der Waals surface area contributed by atoms with Gasteiger partial charge >= 0.3 is 12.0 Å². The Morgan fingerprint density at radius 3 is 2.53 bits per heavy atom. The first-order valence-corrected chi connectivity index (χ1v) is 6.46. The highest BCUT2D eigenvalue weighted by Gasteiger charge is 2.32. The topological polar surface area (TPSA) is 69.6 Å². The monoisotopic (exact) mass is 240 g/mol. The van der Waals surface area contributed by atoms with Crippen molar-refractivity contribution >= 4 is 12.0 Å². The van der Waals surface area contributed by atoms with E-state index in [-0.39, 0.29) is 6.03 Å². The maximum atomic E-state index is 11.9. The van der Waals surface area contributed by atoms with Gasteiger partial charge in [0.05, 0.1) is 0 Å². The second-order valence-corrected chi connectivity index (χ2v) is 5.03. The summed E-state index contributed by atoms with van der Waals surface area (Å²) < 4.78 is 0. The highest BCUT2D eigenvalue weighted by molar-refractivity contribution is 5.82. The summed E-state index contributed by atoms with van der Waals surface area (Å²) in [6.07, 6.45) is 5.99. The molecule has 17 heavy (non-hydrogen) atoms. The first kappa shape index (κ1) is 12.2. The van der Waals surface area contributed by atoms with E-state index in [1.165, 1.54) is 24.2 Å². The molecule has 1 atom stereocenters. The number of nitrogens with zero attached hydrogens (tertiary/aromatic N) is 1. The molecule has 2 amide bonds. The Kier molecular flexibility index (Phi) is 3.86. The van der Waals surface area contributed by atoms with Crippen molar-refractivity contribution < 1.29 is 14.7 Å². The Labute approximate surface area is 101 Å². The Bertz CT molecular complexity index is 302. The van der Waals surface area contributed by atoms with Crippen LogP contribution in [-0.2, 0) is 4.79 Å². The van der Waals surface area contributed by atoms with E-state index in [4.69, 9.17) is 5.11 Å². The lowest BCUT2D eigenvalue weighted by Crippen LogP contribution is -2.52. The Morgan fingerprint density at radius 1 is 1.18 bits per heavy atom. The largest absolute Gasteiger partial charge is 0.480 e. The second-order valence-electron chi connectivity index (χ2n) is 5.03. The number of amides is 2. The summed E-state index contributed by atoms with van der Waals surface area (Å²) in [4.78, 5) is 24.4. The predicted octanol–water partition coefficient (Wildman–Crippen LogP) is 1.44. The SMILES string of the molecule is O=C(O)C1CCCCN1C(=O)NCC1CCC1. The number of aliphatic carboxylic acids is 1. The van der Waals surface area contributed by atoms with Gasteiger partial charge in [-0.2, -0.15) is 0 Å². The van der Waals surface area contributed by atoms with Gasteiger partial charge in [-0.05, 0) is 38.0 Å². The number of piperidine rings is 1. The van der Waals surface area contributed by atoms with Gasteiger partial charge in [-0.25, -0.2) is 9.59 Å². The number of likely N-dealkylation sites (tertiary alicyclic amines) is 1. The normalized spacial score (nSPS) is 25.2. The van der Waals surface area contributed by atoms with Crippen LogP contribution in [0, 0.1) is 5.92 Å². The quantitative estimate of drug-likeness (QED) is 0.784. The minimum atomic E-state index is -0.886. The zero-order valence-electron chi connectivity index (χ0n) is 10.0. The second kappa shape index (κ2) is 5.38. The van der Waals surface area contributed by atoms with E-state index in [1.807, 2.05) is 0 Å². The molecule has 2 fully saturated rings. The summed E-state index contributed by atoms with van der Waals surface area (Å²) >= 11 is 0. The third-order valence-electron chi connectivity index (χ3n) is 3.82. The number of carbonyl (C=O) groups excluding carboxylic acids is 1. The minimum absolute atomic E-state index is 0.205. The van der Waals surface area contributed by atoms with Crippen LogP contribution in [0.1, 0.15) is 38.5 Å². The molecule has 2 N–H and O–H groups in total. The highest BCUT2D eigenvalue weighted by Crippen LogP contribution is 2.25. The van der Waals surface area contributed by atoms with Gasteiger partial charge in [0, 0.05) is 13.1 Å². The van der Waals surface area contributed by atoms with E-state index in [0.717, 1.165) is 12.8 Å². The molecule has 1 saturated carbocycles. The average molecular weight is 240 g/mol. The van der Waals surface area contributed by atoms with Gasteiger partial charge in [-0.3, -0.25) is 0 Å². The summed E-state index contributed by atoms with van der Waals surface area (Å²) in [7, 11) is 0. The number of carboxylic acids is 1. The maximum absolute atomic E-state index is 11.9. The summed E-state index contributed by atoms with van der Waals surface area (Å²) in [5.74, 6) is -0.282. The molecule has 5 heteroatoms. The fraction of sp³-hybridized carbons (Fsp3) is 0.833. The van der Waals surface area contributed by atoms with E-state index in [0.29, 0.717) is 25.4 Å². The van der Waals surface area contributed by atoms with E-state index in [9.17, 15) is 9.59 Å². The smallest absolute Gasteiger partial charge is 0.326 e. The number of rotatable bonds is 3. The maximum Gasteiger partial charge on any atom is 0.326 e. The van der Waals surface area contributed by atoms with Gasteiger partial charge in [-0.1, -0.05) is 6.42 Å². The third kappa shape index (κ3) is 2.90. The van der Waals surface area contributed by atoms with Crippen molar-refractivity contribution in [2.24, 2.45) is 5.92 Å². The van der Waals surface area contributed by atoms with Crippen LogP contribution in [0.5, 0.6) is 0 Å². The van der Waals surface area contributed by atoms with Crippen molar-refractivity contribution in [1.82, 2.24) is 10.2 Å². The van der Waals surface area contributed by atoms with Gasteiger partial charge in [0.25, 0.3) is 0 Å². The molecule has 0 aromatic rings. The molecular weight excluding hydrogens is 220 g/mol. The molecule has 0 radical (unpaired) electrons. The summed E-state index contributed by atoms with van der Waals surface area (Å²) in [6.45, 7) is 1.26. The first-order chi connectivity index (χ1) is 8.18. The van der Waals surface area contributed by atoms with Crippen LogP contribution in [0.15, 0.2) is 0 Å². The number of urea groups is 1. The molecule has 0 aromatic heterocycles. The number of carboxylic acid groups (broad SMARTS) is 1. The number of carbonyl (C=O) groups is 2. The van der Waals surface area contributed by atoms with Gasteiger partial charge in [0.1, 0.15) is 6.04 Å². The van der Waals surface area contributed by atoms with E-state index in [1.54, 1.807) is 0 Å². The van der Waals surface area contributed by atoms with Crippen LogP contribution in [-0.4, -0.2) is 41.1 Å². The molecule has 2 rings (SSSR count). The molecular formula is C12H20N2O3. The van der Waals surface area contributed by atoms with Crippen LogP contribution in [0.2, 0.25) is 0 Å². The van der Waals surface area contributed by atoms with Crippen molar-refractivity contribution in [1.29, 1.82) is 0 Å². The van der Waals surface area contributed by atoms with Crippen molar-refractivity contribution in [3.63, 3.8) is 0 Å². The number of hydrogen-bond donors (Lipinski definition) is 2. The molecule has 1 aliphatic heterocycles. The number of nitrogens with one attached hydrogen (secondary N) is 1. The summed E-state index contributed by atoms with van der Waals surface area (Å²) in [6, 6.07) is -0.839.